The maximum absolute atomic E-state index is 13.1. The highest BCUT2D eigenvalue weighted by molar-refractivity contribution is 6.01. The lowest BCUT2D eigenvalue weighted by molar-refractivity contribution is -0.118. The van der Waals surface area contributed by atoms with Gasteiger partial charge in [0.15, 0.2) is 0 Å². The highest BCUT2D eigenvalue weighted by Crippen LogP contribution is 2.26. The molecule has 6 heteroatoms. The zero-order valence-corrected chi connectivity index (χ0v) is 14.6. The molecule has 4 rings (SSSR count). The molecule has 1 aromatic carbocycles. The minimum Gasteiger partial charge on any atom is -0.324 e. The zero-order chi connectivity index (χ0) is 17.6. The molecule has 0 aliphatic carbocycles. The SMILES string of the molecule is CC1CCc2ncc(C(=O)N3CC(=O)N(C)c4ccccc4C3)n2C1. The van der Waals surface area contributed by atoms with Crippen LogP contribution in [0.2, 0.25) is 0 Å². The molecule has 0 saturated heterocycles. The Morgan fingerprint density at radius 3 is 2.88 bits per heavy atom. The third-order valence-corrected chi connectivity index (χ3v) is 5.21. The van der Waals surface area contributed by atoms with Crippen molar-refractivity contribution in [3.8, 4) is 0 Å². The molecule has 0 fully saturated rings. The van der Waals surface area contributed by atoms with Gasteiger partial charge in [0.2, 0.25) is 5.91 Å². The number of anilines is 1. The van der Waals surface area contributed by atoms with Gasteiger partial charge in [0.1, 0.15) is 18.1 Å². The van der Waals surface area contributed by atoms with Crippen LogP contribution in [0.3, 0.4) is 0 Å². The average Bonchev–Trinajstić information content (AvgIpc) is 2.97. The maximum atomic E-state index is 13.1. The van der Waals surface area contributed by atoms with Crippen LogP contribution in [-0.2, 0) is 24.3 Å². The van der Waals surface area contributed by atoms with Gasteiger partial charge in [-0.05, 0) is 24.0 Å². The molecule has 130 valence electrons. The number of benzene rings is 1. The van der Waals surface area contributed by atoms with Crippen molar-refractivity contribution >= 4 is 17.5 Å². The fourth-order valence-electron chi connectivity index (χ4n) is 3.71. The summed E-state index contributed by atoms with van der Waals surface area (Å²) < 4.78 is 2.03. The number of para-hydroxylation sites is 1. The van der Waals surface area contributed by atoms with E-state index in [4.69, 9.17) is 0 Å². The van der Waals surface area contributed by atoms with Gasteiger partial charge in [-0.1, -0.05) is 25.1 Å². The fraction of sp³-hybridized carbons (Fsp3) is 0.421. The number of fused-ring (bicyclic) bond motifs is 2. The summed E-state index contributed by atoms with van der Waals surface area (Å²) in [5.74, 6) is 1.31. The molecular weight excluding hydrogens is 316 g/mol. The maximum Gasteiger partial charge on any atom is 0.272 e. The van der Waals surface area contributed by atoms with Gasteiger partial charge in [-0.3, -0.25) is 9.59 Å². The molecule has 2 aliphatic heterocycles. The molecule has 0 radical (unpaired) electrons. The third kappa shape index (κ3) is 2.71. The Kier molecular flexibility index (Phi) is 3.82. The largest absolute Gasteiger partial charge is 0.324 e. The molecule has 2 aliphatic rings. The number of rotatable bonds is 1. The fourth-order valence-corrected chi connectivity index (χ4v) is 3.71. The second-order valence-electron chi connectivity index (χ2n) is 7.06. The van der Waals surface area contributed by atoms with E-state index in [1.165, 1.54) is 0 Å². The minimum atomic E-state index is -0.119. The van der Waals surface area contributed by atoms with Gasteiger partial charge in [0, 0.05) is 32.2 Å². The van der Waals surface area contributed by atoms with E-state index in [2.05, 4.69) is 11.9 Å². The summed E-state index contributed by atoms with van der Waals surface area (Å²) in [6.45, 7) is 3.52. The molecule has 0 N–H and O–H groups in total. The lowest BCUT2D eigenvalue weighted by Crippen LogP contribution is -2.39. The van der Waals surface area contributed by atoms with Crippen LogP contribution in [0.25, 0.3) is 0 Å². The van der Waals surface area contributed by atoms with Gasteiger partial charge in [0.25, 0.3) is 5.91 Å². The number of carbonyl (C=O) groups is 2. The van der Waals surface area contributed by atoms with Crippen LogP contribution in [0.5, 0.6) is 0 Å². The Bertz CT molecular complexity index is 842. The smallest absolute Gasteiger partial charge is 0.272 e. The lowest BCUT2D eigenvalue weighted by Gasteiger charge is -2.24. The quantitative estimate of drug-likeness (QED) is 0.800. The van der Waals surface area contributed by atoms with E-state index in [-0.39, 0.29) is 18.4 Å². The van der Waals surface area contributed by atoms with Gasteiger partial charge in [0.05, 0.1) is 6.20 Å². The van der Waals surface area contributed by atoms with Crippen molar-refractivity contribution < 1.29 is 9.59 Å². The summed E-state index contributed by atoms with van der Waals surface area (Å²) in [4.78, 5) is 33.4. The standard InChI is InChI=1S/C19H22N4O2/c1-13-7-8-17-20-9-16(23(17)10-13)19(25)22-11-14-5-3-4-6-15(14)21(2)18(24)12-22/h3-6,9,13H,7-8,10-12H2,1-2H3. The van der Waals surface area contributed by atoms with Crippen molar-refractivity contribution in [2.75, 3.05) is 18.5 Å². The van der Waals surface area contributed by atoms with Gasteiger partial charge in [-0.25, -0.2) is 4.98 Å². The predicted octanol–water partition coefficient (Wildman–Crippen LogP) is 2.08. The van der Waals surface area contributed by atoms with Crippen LogP contribution in [0, 0.1) is 5.92 Å². The topological polar surface area (TPSA) is 58.4 Å². The Hall–Kier alpha value is -2.63. The first-order valence-corrected chi connectivity index (χ1v) is 8.72. The highest BCUT2D eigenvalue weighted by Gasteiger charge is 2.30. The monoisotopic (exact) mass is 338 g/mol. The molecule has 25 heavy (non-hydrogen) atoms. The number of imidazole rings is 1. The Morgan fingerprint density at radius 2 is 2.04 bits per heavy atom. The Morgan fingerprint density at radius 1 is 1.24 bits per heavy atom. The van der Waals surface area contributed by atoms with E-state index < -0.39 is 0 Å². The minimum absolute atomic E-state index is 0.0787. The molecule has 0 bridgehead atoms. The molecule has 0 spiro atoms. The molecule has 1 unspecified atom stereocenters. The summed E-state index contributed by atoms with van der Waals surface area (Å²) >= 11 is 0. The van der Waals surface area contributed by atoms with E-state index in [0.29, 0.717) is 18.2 Å². The van der Waals surface area contributed by atoms with E-state index in [1.54, 1.807) is 23.0 Å². The Balaban J connectivity index is 1.67. The molecule has 0 saturated carbocycles. The van der Waals surface area contributed by atoms with Gasteiger partial charge in [-0.15, -0.1) is 0 Å². The number of carbonyl (C=O) groups excluding carboxylic acids is 2. The number of hydrogen-bond acceptors (Lipinski definition) is 3. The normalized spacial score (nSPS) is 20.1. The third-order valence-electron chi connectivity index (χ3n) is 5.21. The van der Waals surface area contributed by atoms with E-state index in [1.807, 2.05) is 28.8 Å². The molecule has 3 heterocycles. The van der Waals surface area contributed by atoms with Crippen molar-refractivity contribution in [2.45, 2.75) is 32.9 Å². The lowest BCUT2D eigenvalue weighted by atomic mass is 10.0. The van der Waals surface area contributed by atoms with Crippen LogP contribution in [0.4, 0.5) is 5.69 Å². The van der Waals surface area contributed by atoms with Gasteiger partial charge < -0.3 is 14.4 Å². The van der Waals surface area contributed by atoms with Crippen LogP contribution >= 0.6 is 0 Å². The molecule has 2 aromatic rings. The van der Waals surface area contributed by atoms with Crippen molar-refractivity contribution in [3.63, 3.8) is 0 Å². The van der Waals surface area contributed by atoms with Crippen molar-refractivity contribution in [2.24, 2.45) is 5.92 Å². The number of amides is 2. The summed E-state index contributed by atoms with van der Waals surface area (Å²) in [7, 11) is 1.76. The van der Waals surface area contributed by atoms with Crippen molar-refractivity contribution in [3.05, 3.63) is 47.5 Å². The number of aromatic nitrogens is 2. The molecule has 1 atom stereocenters. The summed E-state index contributed by atoms with van der Waals surface area (Å²) in [6, 6.07) is 7.74. The average molecular weight is 338 g/mol. The van der Waals surface area contributed by atoms with Crippen LogP contribution < -0.4 is 4.90 Å². The molecule has 2 amide bonds. The van der Waals surface area contributed by atoms with Crippen LogP contribution in [0.1, 0.15) is 35.2 Å². The molecule has 1 aromatic heterocycles. The number of likely N-dealkylation sites (N-methyl/N-ethyl adjacent to an activating group) is 1. The Labute approximate surface area is 147 Å². The summed E-state index contributed by atoms with van der Waals surface area (Å²) in [5, 5.41) is 0. The number of aryl methyl sites for hydroxylation is 1. The van der Waals surface area contributed by atoms with E-state index >= 15 is 0 Å². The second kappa shape index (κ2) is 6.02. The van der Waals surface area contributed by atoms with Crippen LogP contribution in [-0.4, -0.2) is 39.9 Å². The van der Waals surface area contributed by atoms with E-state index in [0.717, 1.165) is 36.5 Å². The van der Waals surface area contributed by atoms with Crippen LogP contribution in [0.15, 0.2) is 30.5 Å². The highest BCUT2D eigenvalue weighted by atomic mass is 16.2. The summed E-state index contributed by atoms with van der Waals surface area (Å²) in [6.07, 6.45) is 3.67. The number of nitrogens with zero attached hydrogens (tertiary/aromatic N) is 4. The van der Waals surface area contributed by atoms with Crippen molar-refractivity contribution in [1.82, 2.24) is 14.5 Å². The second-order valence-corrected chi connectivity index (χ2v) is 7.06. The first-order chi connectivity index (χ1) is 12.0. The predicted molar refractivity (Wildman–Crippen MR) is 94.3 cm³/mol. The first-order valence-electron chi connectivity index (χ1n) is 8.72. The molecule has 6 nitrogen and oxygen atoms in total. The number of hydrogen-bond donors (Lipinski definition) is 0. The summed E-state index contributed by atoms with van der Waals surface area (Å²) in [5.41, 5.74) is 2.44. The van der Waals surface area contributed by atoms with E-state index in [9.17, 15) is 9.59 Å². The van der Waals surface area contributed by atoms with Gasteiger partial charge >= 0.3 is 0 Å². The zero-order valence-electron chi connectivity index (χ0n) is 14.6. The van der Waals surface area contributed by atoms with Gasteiger partial charge in [-0.2, -0.15) is 0 Å². The molecular formula is C19H22N4O2. The van der Waals surface area contributed by atoms with Crippen molar-refractivity contribution in [1.29, 1.82) is 0 Å². The first kappa shape index (κ1) is 15.9.